The zero-order valence-corrected chi connectivity index (χ0v) is 8.87. The van der Waals surface area contributed by atoms with Gasteiger partial charge in [0.05, 0.1) is 0 Å². The highest BCUT2D eigenvalue weighted by Crippen LogP contribution is 2.40. The Morgan fingerprint density at radius 2 is 1.83 bits per heavy atom. The van der Waals surface area contributed by atoms with Crippen LogP contribution in [0.4, 0.5) is 4.39 Å². The second-order valence-corrected chi connectivity index (χ2v) is 5.52. The molecule has 0 aromatic rings. The second-order valence-electron chi connectivity index (χ2n) is 4.90. The molecule has 3 atom stereocenters. The Morgan fingerprint density at radius 1 is 1.25 bits per heavy atom. The molecule has 1 saturated carbocycles. The monoisotopic (exact) mass is 192 g/mol. The minimum absolute atomic E-state index is 0.0681. The normalized spacial score (nSPS) is 38.2. The van der Waals surface area contributed by atoms with Crippen molar-refractivity contribution in [1.29, 1.82) is 0 Å². The smallest absolute Gasteiger partial charge is 0.105 e. The summed E-state index contributed by atoms with van der Waals surface area (Å²) in [6, 6.07) is 0. The van der Waals surface area contributed by atoms with Crippen molar-refractivity contribution in [1.82, 2.24) is 0 Å². The van der Waals surface area contributed by atoms with Crippen molar-refractivity contribution >= 4 is 11.6 Å². The Labute approximate surface area is 79.5 Å². The molecule has 0 radical (unpaired) electrons. The van der Waals surface area contributed by atoms with Crippen molar-refractivity contribution in [2.75, 3.05) is 0 Å². The van der Waals surface area contributed by atoms with E-state index in [2.05, 4.69) is 20.8 Å². The van der Waals surface area contributed by atoms with E-state index in [0.29, 0.717) is 6.42 Å². The van der Waals surface area contributed by atoms with Crippen LogP contribution in [0.25, 0.3) is 0 Å². The first-order valence-corrected chi connectivity index (χ1v) is 5.13. The fourth-order valence-corrected chi connectivity index (χ4v) is 2.34. The fraction of sp³-hybridized carbons (Fsp3) is 1.00. The molecule has 1 aliphatic carbocycles. The molecule has 12 heavy (non-hydrogen) atoms. The summed E-state index contributed by atoms with van der Waals surface area (Å²) < 4.78 is 13.5. The first-order chi connectivity index (χ1) is 5.41. The van der Waals surface area contributed by atoms with Gasteiger partial charge in [-0.3, -0.25) is 0 Å². The van der Waals surface area contributed by atoms with E-state index in [4.69, 9.17) is 11.6 Å². The summed E-state index contributed by atoms with van der Waals surface area (Å²) in [5.74, 6) is 0.201. The van der Waals surface area contributed by atoms with Gasteiger partial charge in [-0.15, -0.1) is 11.6 Å². The lowest BCUT2D eigenvalue weighted by molar-refractivity contribution is 0.0754. The molecule has 0 bridgehead atoms. The van der Waals surface area contributed by atoms with Crippen molar-refractivity contribution in [3.63, 3.8) is 0 Å². The Bertz CT molecular complexity index is 150. The van der Waals surface area contributed by atoms with Crippen LogP contribution < -0.4 is 0 Å². The zero-order valence-electron chi connectivity index (χ0n) is 8.11. The molecule has 1 rings (SSSR count). The lowest BCUT2D eigenvalue weighted by atomic mass is 9.71. The summed E-state index contributed by atoms with van der Waals surface area (Å²) in [4.78, 5) is 0. The summed E-state index contributed by atoms with van der Waals surface area (Å²) in [7, 11) is 0. The molecule has 72 valence electrons. The maximum absolute atomic E-state index is 13.5. The highest BCUT2D eigenvalue weighted by atomic mass is 35.5. The molecule has 1 aliphatic rings. The first-order valence-electron chi connectivity index (χ1n) is 4.69. The van der Waals surface area contributed by atoms with Gasteiger partial charge >= 0.3 is 0 Å². The largest absolute Gasteiger partial charge is 0.247 e. The lowest BCUT2D eigenvalue weighted by Gasteiger charge is -2.37. The van der Waals surface area contributed by atoms with Gasteiger partial charge in [-0.1, -0.05) is 20.8 Å². The second kappa shape index (κ2) is 3.53. The highest BCUT2D eigenvalue weighted by molar-refractivity contribution is 6.20. The summed E-state index contributed by atoms with van der Waals surface area (Å²) in [5, 5.41) is 0.0681. The number of rotatable bonds is 0. The van der Waals surface area contributed by atoms with E-state index in [9.17, 15) is 4.39 Å². The number of halogens is 2. The van der Waals surface area contributed by atoms with Crippen LogP contribution in [-0.4, -0.2) is 11.5 Å². The molecule has 0 aromatic carbocycles. The molecule has 0 heterocycles. The van der Waals surface area contributed by atoms with Crippen LogP contribution >= 0.6 is 11.6 Å². The highest BCUT2D eigenvalue weighted by Gasteiger charge is 2.36. The number of hydrogen-bond acceptors (Lipinski definition) is 0. The predicted octanol–water partition coefficient (Wildman–Crippen LogP) is 3.78. The van der Waals surface area contributed by atoms with Crippen LogP contribution in [0.2, 0.25) is 0 Å². The molecule has 0 aromatic heterocycles. The maximum atomic E-state index is 13.5. The summed E-state index contributed by atoms with van der Waals surface area (Å²) in [6.45, 7) is 6.33. The number of alkyl halides is 2. The van der Waals surface area contributed by atoms with Gasteiger partial charge in [0.1, 0.15) is 6.17 Å². The van der Waals surface area contributed by atoms with Gasteiger partial charge in [-0.05, 0) is 30.6 Å². The van der Waals surface area contributed by atoms with Gasteiger partial charge in [0.15, 0.2) is 0 Å². The van der Waals surface area contributed by atoms with E-state index < -0.39 is 6.17 Å². The Hall–Kier alpha value is 0.220. The third kappa shape index (κ3) is 2.35. The molecule has 0 nitrogen and oxygen atoms in total. The van der Waals surface area contributed by atoms with Crippen molar-refractivity contribution in [3.05, 3.63) is 0 Å². The van der Waals surface area contributed by atoms with Crippen molar-refractivity contribution in [3.8, 4) is 0 Å². The van der Waals surface area contributed by atoms with Crippen LogP contribution in [0.15, 0.2) is 0 Å². The quantitative estimate of drug-likeness (QED) is 0.513. The minimum Gasteiger partial charge on any atom is -0.247 e. The fourth-order valence-electron chi connectivity index (χ4n) is 2.04. The molecule has 3 unspecified atom stereocenters. The van der Waals surface area contributed by atoms with Gasteiger partial charge in [-0.25, -0.2) is 4.39 Å². The molecular formula is C10H18ClF. The molecule has 0 N–H and O–H groups in total. The van der Waals surface area contributed by atoms with E-state index in [1.165, 1.54) is 0 Å². The molecule has 2 heteroatoms. The lowest BCUT2D eigenvalue weighted by Crippen LogP contribution is -2.35. The van der Waals surface area contributed by atoms with Crippen molar-refractivity contribution in [2.45, 2.75) is 51.6 Å². The molecule has 0 spiro atoms. The topological polar surface area (TPSA) is 0 Å². The third-order valence-electron chi connectivity index (χ3n) is 2.82. The molecule has 1 fully saturated rings. The summed E-state index contributed by atoms with van der Waals surface area (Å²) >= 11 is 5.89. The molecule has 0 saturated heterocycles. The van der Waals surface area contributed by atoms with E-state index in [1.54, 1.807) is 0 Å². The van der Waals surface area contributed by atoms with Gasteiger partial charge in [0.25, 0.3) is 0 Å². The molecular weight excluding hydrogens is 175 g/mol. The van der Waals surface area contributed by atoms with Crippen molar-refractivity contribution < 1.29 is 4.39 Å². The maximum Gasteiger partial charge on any atom is 0.105 e. The Morgan fingerprint density at radius 3 is 2.25 bits per heavy atom. The van der Waals surface area contributed by atoms with E-state index in [0.717, 1.165) is 12.8 Å². The Kier molecular flexibility index (Phi) is 3.03. The minimum atomic E-state index is -0.693. The molecule has 0 aliphatic heterocycles. The van der Waals surface area contributed by atoms with Crippen molar-refractivity contribution in [2.24, 2.45) is 11.3 Å². The van der Waals surface area contributed by atoms with Crippen LogP contribution in [0.1, 0.15) is 40.0 Å². The average Bonchev–Trinajstić information content (AvgIpc) is 1.83. The van der Waals surface area contributed by atoms with Crippen LogP contribution in [0, 0.1) is 11.3 Å². The summed E-state index contributed by atoms with van der Waals surface area (Å²) in [6.07, 6.45) is 1.77. The first kappa shape index (κ1) is 10.3. The van der Waals surface area contributed by atoms with Crippen LogP contribution in [0.5, 0.6) is 0 Å². The van der Waals surface area contributed by atoms with Crippen LogP contribution in [-0.2, 0) is 0 Å². The standard InChI is InChI=1S/C10H18ClF/c1-10(2,3)8-5-4-7(11)6-9(8)12/h7-9H,4-6H2,1-3H3. The SMILES string of the molecule is CC(C)(C)C1CCC(Cl)CC1F. The third-order valence-corrected chi connectivity index (χ3v) is 3.22. The predicted molar refractivity (Wildman–Crippen MR) is 51.3 cm³/mol. The van der Waals surface area contributed by atoms with Gasteiger partial charge in [-0.2, -0.15) is 0 Å². The van der Waals surface area contributed by atoms with Gasteiger partial charge in [0.2, 0.25) is 0 Å². The number of hydrogen-bond donors (Lipinski definition) is 0. The van der Waals surface area contributed by atoms with Gasteiger partial charge < -0.3 is 0 Å². The average molecular weight is 193 g/mol. The van der Waals surface area contributed by atoms with Crippen LogP contribution in [0.3, 0.4) is 0 Å². The van der Waals surface area contributed by atoms with E-state index >= 15 is 0 Å². The zero-order chi connectivity index (χ0) is 9.35. The molecule has 0 amide bonds. The van der Waals surface area contributed by atoms with E-state index in [1.807, 2.05) is 0 Å². The Balaban J connectivity index is 2.57. The van der Waals surface area contributed by atoms with Gasteiger partial charge in [0, 0.05) is 5.38 Å². The summed E-state index contributed by atoms with van der Waals surface area (Å²) in [5.41, 5.74) is 0.0937. The van der Waals surface area contributed by atoms with E-state index in [-0.39, 0.29) is 16.7 Å².